The van der Waals surface area contributed by atoms with Crippen LogP contribution in [0.4, 0.5) is 5.69 Å². The number of hydrogen-bond donors (Lipinski definition) is 1. The van der Waals surface area contributed by atoms with E-state index < -0.39 is 0 Å². The predicted molar refractivity (Wildman–Crippen MR) is 97.3 cm³/mol. The number of amides is 1. The van der Waals surface area contributed by atoms with Crippen LogP contribution in [-0.2, 0) is 9.53 Å². The Kier molecular flexibility index (Phi) is 7.10. The van der Waals surface area contributed by atoms with Crippen LogP contribution in [-0.4, -0.2) is 26.2 Å². The number of nitrogens with one attached hydrogen (secondary N) is 1. The number of carbonyl (C=O) groups excluding carboxylic acids is 1. The van der Waals surface area contributed by atoms with Gasteiger partial charge in [0.1, 0.15) is 12.4 Å². The number of hydrogen-bond acceptors (Lipinski definition) is 3. The second-order valence-electron chi connectivity index (χ2n) is 7.29. The zero-order chi connectivity index (χ0) is 17.5. The Morgan fingerprint density at radius 1 is 1.29 bits per heavy atom. The largest absolute Gasteiger partial charge is 0.491 e. The minimum atomic E-state index is 0.104. The van der Waals surface area contributed by atoms with Gasteiger partial charge in [-0.1, -0.05) is 33.3 Å². The zero-order valence-electron chi connectivity index (χ0n) is 15.4. The third-order valence-corrected chi connectivity index (χ3v) is 5.02. The van der Waals surface area contributed by atoms with Crippen LogP contribution >= 0.6 is 0 Å². The second kappa shape index (κ2) is 9.07. The third kappa shape index (κ3) is 5.23. The summed E-state index contributed by atoms with van der Waals surface area (Å²) in [6, 6.07) is 7.59. The van der Waals surface area contributed by atoms with Gasteiger partial charge in [0.05, 0.1) is 6.61 Å². The van der Waals surface area contributed by atoms with Crippen molar-refractivity contribution < 1.29 is 14.3 Å². The first kappa shape index (κ1) is 18.8. The Morgan fingerprint density at radius 2 is 2.08 bits per heavy atom. The first-order valence-corrected chi connectivity index (χ1v) is 9.04. The normalized spacial score (nSPS) is 24.0. The minimum absolute atomic E-state index is 0.104. The summed E-state index contributed by atoms with van der Waals surface area (Å²) in [6.45, 7) is 7.76. The molecule has 0 aromatic heterocycles. The van der Waals surface area contributed by atoms with Gasteiger partial charge in [-0.2, -0.15) is 0 Å². The molecule has 1 saturated carbocycles. The highest BCUT2D eigenvalue weighted by molar-refractivity contribution is 5.93. The molecule has 1 N–H and O–H groups in total. The Labute approximate surface area is 145 Å². The molecule has 1 amide bonds. The summed E-state index contributed by atoms with van der Waals surface area (Å²) < 4.78 is 10.6. The van der Waals surface area contributed by atoms with Crippen molar-refractivity contribution in [3.8, 4) is 5.75 Å². The molecule has 0 radical (unpaired) electrons. The summed E-state index contributed by atoms with van der Waals surface area (Å²) in [5, 5.41) is 3.10. The SMILES string of the molecule is COCCOc1cccc(NC(=O)[C@@H]2C[C@H](C)CC[C@H]2C(C)C)c1. The van der Waals surface area contributed by atoms with E-state index in [2.05, 4.69) is 26.1 Å². The number of rotatable bonds is 7. The van der Waals surface area contributed by atoms with E-state index in [-0.39, 0.29) is 11.8 Å². The summed E-state index contributed by atoms with van der Waals surface area (Å²) in [6.07, 6.45) is 3.37. The van der Waals surface area contributed by atoms with Crippen molar-refractivity contribution in [3.63, 3.8) is 0 Å². The molecule has 1 aromatic carbocycles. The quantitative estimate of drug-likeness (QED) is 0.754. The lowest BCUT2D eigenvalue weighted by Crippen LogP contribution is -2.36. The topological polar surface area (TPSA) is 47.6 Å². The lowest BCUT2D eigenvalue weighted by atomic mass is 9.70. The van der Waals surface area contributed by atoms with Crippen LogP contribution in [0.25, 0.3) is 0 Å². The van der Waals surface area contributed by atoms with E-state index in [1.165, 1.54) is 6.42 Å². The van der Waals surface area contributed by atoms with Gasteiger partial charge in [0, 0.05) is 24.8 Å². The Balaban J connectivity index is 2.00. The van der Waals surface area contributed by atoms with E-state index in [1.807, 2.05) is 24.3 Å². The maximum atomic E-state index is 12.8. The highest BCUT2D eigenvalue weighted by Crippen LogP contribution is 2.38. The number of ether oxygens (including phenoxy) is 2. The molecule has 4 heteroatoms. The second-order valence-corrected chi connectivity index (χ2v) is 7.29. The Morgan fingerprint density at radius 3 is 2.79 bits per heavy atom. The summed E-state index contributed by atoms with van der Waals surface area (Å²) >= 11 is 0. The van der Waals surface area contributed by atoms with E-state index in [1.54, 1.807) is 7.11 Å². The number of carbonyl (C=O) groups is 1. The van der Waals surface area contributed by atoms with Crippen molar-refractivity contribution in [2.75, 3.05) is 25.6 Å². The predicted octanol–water partition coefficient (Wildman–Crippen LogP) is 4.36. The van der Waals surface area contributed by atoms with Crippen LogP contribution in [0.3, 0.4) is 0 Å². The maximum absolute atomic E-state index is 12.8. The Hall–Kier alpha value is -1.55. The third-order valence-electron chi connectivity index (χ3n) is 5.02. The molecule has 2 rings (SSSR count). The average Bonchev–Trinajstić information content (AvgIpc) is 2.55. The van der Waals surface area contributed by atoms with E-state index in [0.29, 0.717) is 31.0 Å². The van der Waals surface area contributed by atoms with E-state index >= 15 is 0 Å². The molecular formula is C20H31NO3. The van der Waals surface area contributed by atoms with E-state index in [0.717, 1.165) is 24.3 Å². The highest BCUT2D eigenvalue weighted by Gasteiger charge is 2.35. The van der Waals surface area contributed by atoms with Gasteiger partial charge >= 0.3 is 0 Å². The fourth-order valence-electron chi connectivity index (χ4n) is 3.65. The molecule has 0 saturated heterocycles. The first-order chi connectivity index (χ1) is 11.5. The molecule has 0 spiro atoms. The van der Waals surface area contributed by atoms with Gasteiger partial charge in [0.15, 0.2) is 0 Å². The van der Waals surface area contributed by atoms with Crippen molar-refractivity contribution in [1.82, 2.24) is 0 Å². The van der Waals surface area contributed by atoms with Crippen LogP contribution in [0.2, 0.25) is 0 Å². The number of methoxy groups -OCH3 is 1. The molecule has 4 nitrogen and oxygen atoms in total. The van der Waals surface area contributed by atoms with Crippen LogP contribution < -0.4 is 10.1 Å². The maximum Gasteiger partial charge on any atom is 0.227 e. The van der Waals surface area contributed by atoms with Gasteiger partial charge in [0.2, 0.25) is 5.91 Å². The van der Waals surface area contributed by atoms with Gasteiger partial charge in [-0.05, 0) is 42.7 Å². The van der Waals surface area contributed by atoms with Gasteiger partial charge in [-0.25, -0.2) is 0 Å². The molecule has 3 atom stereocenters. The minimum Gasteiger partial charge on any atom is -0.491 e. The smallest absolute Gasteiger partial charge is 0.227 e. The van der Waals surface area contributed by atoms with Gasteiger partial charge < -0.3 is 14.8 Å². The molecule has 0 unspecified atom stereocenters. The lowest BCUT2D eigenvalue weighted by Gasteiger charge is -2.36. The van der Waals surface area contributed by atoms with Gasteiger partial charge in [-0.15, -0.1) is 0 Å². The van der Waals surface area contributed by atoms with Crippen molar-refractivity contribution >= 4 is 11.6 Å². The van der Waals surface area contributed by atoms with Crippen molar-refractivity contribution in [2.45, 2.75) is 40.0 Å². The highest BCUT2D eigenvalue weighted by atomic mass is 16.5. The molecule has 1 aliphatic rings. The van der Waals surface area contributed by atoms with Gasteiger partial charge in [-0.3, -0.25) is 4.79 Å². The number of anilines is 1. The van der Waals surface area contributed by atoms with Crippen LogP contribution in [0.15, 0.2) is 24.3 Å². The molecule has 1 aliphatic carbocycles. The Bertz CT molecular complexity index is 529. The summed E-state index contributed by atoms with van der Waals surface area (Å²) in [4.78, 5) is 12.8. The van der Waals surface area contributed by atoms with Crippen molar-refractivity contribution in [1.29, 1.82) is 0 Å². The zero-order valence-corrected chi connectivity index (χ0v) is 15.4. The fraction of sp³-hybridized carbons (Fsp3) is 0.650. The summed E-state index contributed by atoms with van der Waals surface area (Å²) in [5.74, 6) is 2.64. The molecule has 0 heterocycles. The summed E-state index contributed by atoms with van der Waals surface area (Å²) in [7, 11) is 1.65. The molecule has 1 aromatic rings. The van der Waals surface area contributed by atoms with Crippen LogP contribution in [0.1, 0.15) is 40.0 Å². The van der Waals surface area contributed by atoms with E-state index in [9.17, 15) is 4.79 Å². The molecule has 1 fully saturated rings. The number of benzene rings is 1. The average molecular weight is 333 g/mol. The van der Waals surface area contributed by atoms with Gasteiger partial charge in [0.25, 0.3) is 0 Å². The van der Waals surface area contributed by atoms with Crippen LogP contribution in [0.5, 0.6) is 5.75 Å². The molecular weight excluding hydrogens is 302 g/mol. The standard InChI is InChI=1S/C20H31NO3/c1-14(2)18-9-8-15(3)12-19(18)20(22)21-16-6-5-7-17(13-16)24-11-10-23-4/h5-7,13-15,18-19H,8-12H2,1-4H3,(H,21,22)/t15-,18+,19-/m1/s1. The van der Waals surface area contributed by atoms with Crippen LogP contribution in [0, 0.1) is 23.7 Å². The van der Waals surface area contributed by atoms with Crippen molar-refractivity contribution in [2.24, 2.45) is 23.7 Å². The molecule has 24 heavy (non-hydrogen) atoms. The molecule has 0 bridgehead atoms. The van der Waals surface area contributed by atoms with Crippen molar-refractivity contribution in [3.05, 3.63) is 24.3 Å². The van der Waals surface area contributed by atoms with E-state index in [4.69, 9.17) is 9.47 Å². The molecule has 134 valence electrons. The monoisotopic (exact) mass is 333 g/mol. The lowest BCUT2D eigenvalue weighted by molar-refractivity contribution is -0.123. The molecule has 0 aliphatic heterocycles. The summed E-state index contributed by atoms with van der Waals surface area (Å²) in [5.41, 5.74) is 0.802. The fourth-order valence-corrected chi connectivity index (χ4v) is 3.65. The first-order valence-electron chi connectivity index (χ1n) is 9.04.